The van der Waals surface area contributed by atoms with Crippen LogP contribution in [0.5, 0.6) is 0 Å². The largest absolute Gasteiger partial charge is 0.395 e. The van der Waals surface area contributed by atoms with Gasteiger partial charge in [-0.05, 0) is 19.8 Å². The molecule has 0 radical (unpaired) electrons. The van der Waals surface area contributed by atoms with E-state index < -0.39 is 6.10 Å². The summed E-state index contributed by atoms with van der Waals surface area (Å²) in [5, 5.41) is 19.1. The van der Waals surface area contributed by atoms with E-state index in [4.69, 9.17) is 5.73 Å². The highest BCUT2D eigenvalue weighted by atomic mass is 16.3. The Morgan fingerprint density at radius 1 is 1.53 bits per heavy atom. The zero-order chi connectivity index (χ0) is 12.4. The normalized spacial score (nSPS) is 24.6. The van der Waals surface area contributed by atoms with Crippen LogP contribution in [0.3, 0.4) is 0 Å². The van der Waals surface area contributed by atoms with Crippen LogP contribution in [0.25, 0.3) is 0 Å². The number of aliphatic hydroxyl groups excluding tert-OH is 1. The maximum atomic E-state index is 11.9. The number of amides is 1. The fraction of sp³-hybridized carbons (Fsp3) is 0.636. The molecule has 0 aromatic carbocycles. The summed E-state index contributed by atoms with van der Waals surface area (Å²) in [4.78, 5) is 11.9. The van der Waals surface area contributed by atoms with Crippen LogP contribution in [0.1, 0.15) is 41.9 Å². The van der Waals surface area contributed by atoms with E-state index in [1.165, 1.54) is 0 Å². The molecule has 0 bridgehead atoms. The number of aliphatic hydroxyl groups is 1. The molecule has 6 heteroatoms. The number of hydrogen-bond acceptors (Lipinski definition) is 4. The van der Waals surface area contributed by atoms with Gasteiger partial charge in [0.1, 0.15) is 0 Å². The molecule has 6 nitrogen and oxygen atoms in total. The minimum atomic E-state index is -0.464. The van der Waals surface area contributed by atoms with Crippen molar-refractivity contribution in [1.29, 1.82) is 0 Å². The number of nitrogens with one attached hydrogen (secondary N) is 2. The zero-order valence-electron chi connectivity index (χ0n) is 9.86. The number of rotatable bonds is 2. The monoisotopic (exact) mass is 238 g/mol. The molecule has 1 aliphatic carbocycles. The van der Waals surface area contributed by atoms with Gasteiger partial charge in [0, 0.05) is 0 Å². The van der Waals surface area contributed by atoms with Crippen LogP contribution in [0.2, 0.25) is 0 Å². The number of nitrogens with two attached hydrogens (primary N) is 1. The summed E-state index contributed by atoms with van der Waals surface area (Å²) in [6.07, 6.45) is 3.11. The Morgan fingerprint density at radius 3 is 2.82 bits per heavy atom. The van der Waals surface area contributed by atoms with Gasteiger partial charge in [-0.15, -0.1) is 0 Å². The van der Waals surface area contributed by atoms with Gasteiger partial charge in [-0.25, -0.2) is 0 Å². The Bertz CT molecular complexity index is 416. The number of anilines is 1. The van der Waals surface area contributed by atoms with E-state index in [1.807, 2.05) is 0 Å². The molecule has 1 aromatic heterocycles. The maximum Gasteiger partial charge on any atom is 0.274 e. The van der Waals surface area contributed by atoms with Gasteiger partial charge in [-0.2, -0.15) is 5.10 Å². The minimum absolute atomic E-state index is 0.187. The number of nitrogen functional groups attached to an aromatic ring is 1. The molecule has 94 valence electrons. The van der Waals surface area contributed by atoms with E-state index in [1.54, 1.807) is 6.92 Å². The first-order valence-electron chi connectivity index (χ1n) is 5.89. The summed E-state index contributed by atoms with van der Waals surface area (Å²) in [6, 6.07) is -0.187. The third-order valence-electron chi connectivity index (χ3n) is 3.26. The number of aromatic nitrogens is 2. The molecule has 1 aliphatic rings. The lowest BCUT2D eigenvalue weighted by Crippen LogP contribution is -2.45. The van der Waals surface area contributed by atoms with Crippen molar-refractivity contribution in [1.82, 2.24) is 15.5 Å². The quantitative estimate of drug-likeness (QED) is 0.596. The van der Waals surface area contributed by atoms with Gasteiger partial charge in [0.25, 0.3) is 5.91 Å². The second kappa shape index (κ2) is 4.75. The summed E-state index contributed by atoms with van der Waals surface area (Å²) in [7, 11) is 0. The summed E-state index contributed by atoms with van der Waals surface area (Å²) >= 11 is 0. The van der Waals surface area contributed by atoms with Gasteiger partial charge in [-0.1, -0.05) is 12.8 Å². The highest BCUT2D eigenvalue weighted by Gasteiger charge is 2.26. The van der Waals surface area contributed by atoms with Crippen LogP contribution in [0.15, 0.2) is 0 Å². The molecule has 0 aliphatic heterocycles. The van der Waals surface area contributed by atoms with Crippen LogP contribution < -0.4 is 11.1 Å². The standard InChI is InChI=1S/C11H18N4O2/c1-6-9(12)10(15-14-6)11(17)13-7-4-2-3-5-8(7)16/h7-8,16H,2-5,12H2,1H3,(H,13,17)(H,14,15)/t7-,8-/m1/s1. The number of carbonyl (C=O) groups is 1. The molecule has 1 amide bonds. The van der Waals surface area contributed by atoms with E-state index >= 15 is 0 Å². The highest BCUT2D eigenvalue weighted by molar-refractivity contribution is 5.97. The van der Waals surface area contributed by atoms with Gasteiger partial charge in [0.05, 0.1) is 23.5 Å². The molecule has 0 spiro atoms. The Labute approximate surface area is 99.6 Å². The van der Waals surface area contributed by atoms with Crippen molar-refractivity contribution in [2.24, 2.45) is 0 Å². The first kappa shape index (κ1) is 11.9. The van der Waals surface area contributed by atoms with Crippen molar-refractivity contribution in [3.05, 3.63) is 11.4 Å². The van der Waals surface area contributed by atoms with Crippen molar-refractivity contribution in [2.75, 3.05) is 5.73 Å². The molecule has 1 saturated carbocycles. The second-order valence-electron chi connectivity index (χ2n) is 4.54. The van der Waals surface area contributed by atoms with Crippen LogP contribution in [0.4, 0.5) is 5.69 Å². The van der Waals surface area contributed by atoms with Crippen molar-refractivity contribution in [3.63, 3.8) is 0 Å². The average Bonchev–Trinajstić information content (AvgIpc) is 2.63. The number of aryl methyl sites for hydroxylation is 1. The number of nitrogens with zero attached hydrogens (tertiary/aromatic N) is 1. The van der Waals surface area contributed by atoms with Crippen molar-refractivity contribution >= 4 is 11.6 Å². The lowest BCUT2D eigenvalue weighted by Gasteiger charge is -2.28. The predicted octanol–water partition coefficient (Wildman–Crippen LogP) is 0.334. The number of hydrogen-bond donors (Lipinski definition) is 4. The summed E-state index contributed by atoms with van der Waals surface area (Å²) < 4.78 is 0. The minimum Gasteiger partial charge on any atom is -0.395 e. The van der Waals surface area contributed by atoms with Crippen LogP contribution >= 0.6 is 0 Å². The number of carbonyl (C=O) groups excluding carboxylic acids is 1. The topological polar surface area (TPSA) is 104 Å². The first-order chi connectivity index (χ1) is 8.09. The van der Waals surface area contributed by atoms with Crippen LogP contribution in [-0.2, 0) is 0 Å². The average molecular weight is 238 g/mol. The molecule has 0 saturated heterocycles. The summed E-state index contributed by atoms with van der Waals surface area (Å²) in [5.41, 5.74) is 6.98. The molecule has 0 unspecified atom stereocenters. The Morgan fingerprint density at radius 2 is 2.24 bits per heavy atom. The van der Waals surface area contributed by atoms with Crippen LogP contribution in [-0.4, -0.2) is 33.4 Å². The highest BCUT2D eigenvalue weighted by Crippen LogP contribution is 2.19. The van der Waals surface area contributed by atoms with Gasteiger partial charge < -0.3 is 16.2 Å². The SMILES string of the molecule is Cc1[nH]nc(C(=O)N[C@@H]2CCCC[C@H]2O)c1N. The van der Waals surface area contributed by atoms with Crippen molar-refractivity contribution < 1.29 is 9.90 Å². The molecular weight excluding hydrogens is 220 g/mol. The van der Waals surface area contributed by atoms with Crippen molar-refractivity contribution in [3.8, 4) is 0 Å². The molecule has 2 rings (SSSR count). The Kier molecular flexibility index (Phi) is 3.33. The molecule has 5 N–H and O–H groups in total. The zero-order valence-corrected chi connectivity index (χ0v) is 9.86. The van der Waals surface area contributed by atoms with Gasteiger partial charge >= 0.3 is 0 Å². The summed E-state index contributed by atoms with van der Waals surface area (Å²) in [5.74, 6) is -0.321. The van der Waals surface area contributed by atoms with E-state index in [0.717, 1.165) is 25.7 Å². The Balaban J connectivity index is 2.03. The van der Waals surface area contributed by atoms with E-state index in [0.29, 0.717) is 11.4 Å². The second-order valence-corrected chi connectivity index (χ2v) is 4.54. The van der Waals surface area contributed by atoms with E-state index in [-0.39, 0.29) is 17.6 Å². The summed E-state index contributed by atoms with van der Waals surface area (Å²) in [6.45, 7) is 1.76. The molecular formula is C11H18N4O2. The molecule has 1 heterocycles. The number of aromatic amines is 1. The van der Waals surface area contributed by atoms with E-state index in [9.17, 15) is 9.90 Å². The fourth-order valence-corrected chi connectivity index (χ4v) is 2.13. The van der Waals surface area contributed by atoms with Gasteiger partial charge in [0.2, 0.25) is 0 Å². The van der Waals surface area contributed by atoms with Gasteiger partial charge in [0.15, 0.2) is 5.69 Å². The molecule has 1 aromatic rings. The maximum absolute atomic E-state index is 11.9. The van der Waals surface area contributed by atoms with Crippen LogP contribution in [0, 0.1) is 6.92 Å². The first-order valence-corrected chi connectivity index (χ1v) is 5.89. The third-order valence-corrected chi connectivity index (χ3v) is 3.26. The third kappa shape index (κ3) is 2.41. The fourth-order valence-electron chi connectivity index (χ4n) is 2.13. The Hall–Kier alpha value is -1.56. The smallest absolute Gasteiger partial charge is 0.274 e. The molecule has 17 heavy (non-hydrogen) atoms. The molecule has 1 fully saturated rings. The lowest BCUT2D eigenvalue weighted by atomic mass is 9.92. The molecule has 2 atom stereocenters. The van der Waals surface area contributed by atoms with Crippen molar-refractivity contribution in [2.45, 2.75) is 44.8 Å². The lowest BCUT2D eigenvalue weighted by molar-refractivity contribution is 0.0714. The van der Waals surface area contributed by atoms with E-state index in [2.05, 4.69) is 15.5 Å². The number of H-pyrrole nitrogens is 1. The van der Waals surface area contributed by atoms with Gasteiger partial charge in [-0.3, -0.25) is 9.89 Å². The predicted molar refractivity (Wildman–Crippen MR) is 63.5 cm³/mol.